The zero-order valence-corrected chi connectivity index (χ0v) is 26.3. The molecule has 0 fully saturated rings. The van der Waals surface area contributed by atoms with Gasteiger partial charge >= 0.3 is 0 Å². The molecule has 0 saturated heterocycles. The fraction of sp³-hybridized carbons (Fsp3) is 0. The van der Waals surface area contributed by atoms with Crippen molar-refractivity contribution in [2.24, 2.45) is 0 Å². The average Bonchev–Trinajstić information content (AvgIpc) is 3.55. The molecule has 0 saturated carbocycles. The summed E-state index contributed by atoms with van der Waals surface area (Å²) in [6.45, 7) is 0. The fourth-order valence-electron chi connectivity index (χ4n) is 6.97. The highest BCUT2D eigenvalue weighted by Gasteiger charge is 2.19. The smallest absolute Gasteiger partial charge is 0.143 e. The minimum Gasteiger partial charge on any atom is -0.455 e. The Morgan fingerprint density at radius 3 is 1.75 bits per heavy atom. The van der Waals surface area contributed by atoms with E-state index in [-0.39, 0.29) is 0 Å². The molecule has 9 aromatic rings. The van der Waals surface area contributed by atoms with E-state index < -0.39 is 0 Å². The molecule has 8 aromatic carbocycles. The highest BCUT2D eigenvalue weighted by Crippen LogP contribution is 2.44. The second kappa shape index (κ2) is 11.8. The molecule has 0 radical (unpaired) electrons. The van der Waals surface area contributed by atoms with Gasteiger partial charge in [0, 0.05) is 33.0 Å². The van der Waals surface area contributed by atoms with Gasteiger partial charge in [0.25, 0.3) is 0 Å². The molecule has 9 rings (SSSR count). The van der Waals surface area contributed by atoms with Crippen LogP contribution in [0.15, 0.2) is 192 Å². The largest absolute Gasteiger partial charge is 0.455 e. The minimum absolute atomic E-state index is 0.897. The number of hydrogen-bond donors (Lipinski definition) is 0. The Kier molecular flexibility index (Phi) is 6.84. The Labute approximate surface area is 279 Å². The number of nitrogens with zero attached hydrogens (tertiary/aromatic N) is 1. The van der Waals surface area contributed by atoms with E-state index in [1.165, 1.54) is 21.9 Å². The first-order valence-electron chi connectivity index (χ1n) is 16.4. The molecule has 226 valence electrons. The van der Waals surface area contributed by atoms with Crippen molar-refractivity contribution in [1.29, 1.82) is 0 Å². The Bertz CT molecular complexity index is 2540. The Balaban J connectivity index is 1.17. The molecule has 0 aliphatic heterocycles. The number of fused-ring (bicyclic) bond motifs is 4. The number of anilines is 3. The van der Waals surface area contributed by atoms with Crippen LogP contribution in [0.3, 0.4) is 0 Å². The summed E-state index contributed by atoms with van der Waals surface area (Å²) in [6.07, 6.45) is 0. The molecule has 2 nitrogen and oxygen atoms in total. The van der Waals surface area contributed by atoms with Gasteiger partial charge in [0.1, 0.15) is 11.2 Å². The second-order valence-electron chi connectivity index (χ2n) is 12.1. The number of furan rings is 1. The van der Waals surface area contributed by atoms with Gasteiger partial charge in [-0.3, -0.25) is 0 Å². The molecule has 1 heterocycles. The van der Waals surface area contributed by atoms with E-state index in [1.807, 2.05) is 6.07 Å². The topological polar surface area (TPSA) is 16.4 Å². The molecule has 1 aromatic heterocycles. The lowest BCUT2D eigenvalue weighted by Gasteiger charge is -2.29. The van der Waals surface area contributed by atoms with Crippen molar-refractivity contribution in [1.82, 2.24) is 0 Å². The lowest BCUT2D eigenvalue weighted by atomic mass is 9.99. The number of benzene rings is 8. The standard InChI is InChI=1S/C46H31NO/c1-3-13-33(14-4-1)38-20-9-10-23-43(38)47(44-24-11-18-34-17-7-8-19-39(34)44)37-28-25-32(26-29-37)36-27-30-45-42(31-36)41-22-12-21-40(46(41)48-45)35-15-5-2-6-16-35/h1-31H. The molecule has 0 aliphatic carbocycles. The molecule has 0 aliphatic rings. The van der Waals surface area contributed by atoms with E-state index in [9.17, 15) is 0 Å². The zero-order valence-electron chi connectivity index (χ0n) is 26.3. The molecule has 0 atom stereocenters. The highest BCUT2D eigenvalue weighted by atomic mass is 16.3. The monoisotopic (exact) mass is 613 g/mol. The minimum atomic E-state index is 0.897. The van der Waals surface area contributed by atoms with Crippen LogP contribution in [0.5, 0.6) is 0 Å². The maximum absolute atomic E-state index is 6.45. The highest BCUT2D eigenvalue weighted by molar-refractivity contribution is 6.10. The third-order valence-electron chi connectivity index (χ3n) is 9.28. The summed E-state index contributed by atoms with van der Waals surface area (Å²) in [5.41, 5.74) is 12.1. The van der Waals surface area contributed by atoms with Gasteiger partial charge in [-0.2, -0.15) is 0 Å². The van der Waals surface area contributed by atoms with Crippen LogP contribution in [-0.2, 0) is 0 Å². The van der Waals surface area contributed by atoms with Crippen LogP contribution in [0.4, 0.5) is 17.1 Å². The Morgan fingerprint density at radius 2 is 0.938 bits per heavy atom. The van der Waals surface area contributed by atoms with E-state index in [2.05, 4.69) is 187 Å². The lowest BCUT2D eigenvalue weighted by Crippen LogP contribution is -2.11. The van der Waals surface area contributed by atoms with Crippen molar-refractivity contribution in [3.8, 4) is 33.4 Å². The van der Waals surface area contributed by atoms with E-state index in [0.29, 0.717) is 0 Å². The van der Waals surface area contributed by atoms with Crippen LogP contribution in [0.1, 0.15) is 0 Å². The number of hydrogen-bond acceptors (Lipinski definition) is 2. The van der Waals surface area contributed by atoms with Crippen LogP contribution in [0.2, 0.25) is 0 Å². The van der Waals surface area contributed by atoms with Crippen LogP contribution >= 0.6 is 0 Å². The molecular weight excluding hydrogens is 583 g/mol. The van der Waals surface area contributed by atoms with Gasteiger partial charge in [0.15, 0.2) is 0 Å². The van der Waals surface area contributed by atoms with Crippen LogP contribution in [0, 0.1) is 0 Å². The SMILES string of the molecule is c1ccc(-c2ccccc2N(c2ccc(-c3ccc4oc5c(-c6ccccc6)cccc5c4c3)cc2)c2cccc3ccccc23)cc1. The summed E-state index contributed by atoms with van der Waals surface area (Å²) >= 11 is 0. The quantitative estimate of drug-likeness (QED) is 0.185. The summed E-state index contributed by atoms with van der Waals surface area (Å²) in [7, 11) is 0. The molecule has 0 N–H and O–H groups in total. The fourth-order valence-corrected chi connectivity index (χ4v) is 6.97. The van der Waals surface area contributed by atoms with Crippen LogP contribution < -0.4 is 4.90 Å². The number of para-hydroxylation sites is 2. The first kappa shape index (κ1) is 27.9. The van der Waals surface area contributed by atoms with Crippen molar-refractivity contribution in [3.63, 3.8) is 0 Å². The van der Waals surface area contributed by atoms with Gasteiger partial charge in [-0.05, 0) is 64.0 Å². The molecule has 0 spiro atoms. The van der Waals surface area contributed by atoms with Gasteiger partial charge < -0.3 is 9.32 Å². The molecule has 0 bridgehead atoms. The molecule has 0 amide bonds. The van der Waals surface area contributed by atoms with Crippen molar-refractivity contribution in [2.45, 2.75) is 0 Å². The third-order valence-corrected chi connectivity index (χ3v) is 9.28. The molecular formula is C46H31NO. The Hall–Kier alpha value is -6.38. The van der Waals surface area contributed by atoms with E-state index in [4.69, 9.17) is 4.42 Å². The van der Waals surface area contributed by atoms with E-state index in [0.717, 1.165) is 61.3 Å². The van der Waals surface area contributed by atoms with Crippen molar-refractivity contribution < 1.29 is 4.42 Å². The number of rotatable bonds is 6. The summed E-state index contributed by atoms with van der Waals surface area (Å²) in [6, 6.07) is 66.8. The molecule has 0 unspecified atom stereocenters. The van der Waals surface area contributed by atoms with E-state index in [1.54, 1.807) is 0 Å². The predicted molar refractivity (Wildman–Crippen MR) is 202 cm³/mol. The van der Waals surface area contributed by atoms with Crippen molar-refractivity contribution >= 4 is 49.8 Å². The summed E-state index contributed by atoms with van der Waals surface area (Å²) < 4.78 is 6.45. The van der Waals surface area contributed by atoms with E-state index >= 15 is 0 Å². The first-order chi connectivity index (χ1) is 23.8. The summed E-state index contributed by atoms with van der Waals surface area (Å²) in [5.74, 6) is 0. The van der Waals surface area contributed by atoms with Crippen molar-refractivity contribution in [2.75, 3.05) is 4.90 Å². The summed E-state index contributed by atoms with van der Waals surface area (Å²) in [5, 5.41) is 4.67. The summed E-state index contributed by atoms with van der Waals surface area (Å²) in [4.78, 5) is 2.40. The maximum atomic E-state index is 6.45. The molecule has 48 heavy (non-hydrogen) atoms. The predicted octanol–water partition coefficient (Wildman–Crippen LogP) is 13.2. The maximum Gasteiger partial charge on any atom is 0.143 e. The Morgan fingerprint density at radius 1 is 0.354 bits per heavy atom. The van der Waals surface area contributed by atoms with Crippen molar-refractivity contribution in [3.05, 3.63) is 188 Å². The normalized spacial score (nSPS) is 11.3. The lowest BCUT2D eigenvalue weighted by molar-refractivity contribution is 0.670. The average molecular weight is 614 g/mol. The van der Waals surface area contributed by atoms with Crippen LogP contribution in [-0.4, -0.2) is 0 Å². The second-order valence-corrected chi connectivity index (χ2v) is 12.1. The third kappa shape index (κ3) is 4.83. The van der Waals surface area contributed by atoms with Crippen LogP contribution in [0.25, 0.3) is 66.1 Å². The molecule has 2 heteroatoms. The van der Waals surface area contributed by atoms with Gasteiger partial charge in [-0.1, -0.05) is 152 Å². The zero-order chi connectivity index (χ0) is 31.9. The van der Waals surface area contributed by atoms with Gasteiger partial charge in [0.05, 0.1) is 11.4 Å². The van der Waals surface area contributed by atoms with Gasteiger partial charge in [-0.25, -0.2) is 0 Å². The van der Waals surface area contributed by atoms with Gasteiger partial charge in [0.2, 0.25) is 0 Å². The first-order valence-corrected chi connectivity index (χ1v) is 16.4. The van der Waals surface area contributed by atoms with Gasteiger partial charge in [-0.15, -0.1) is 0 Å².